The van der Waals surface area contributed by atoms with E-state index in [1.807, 2.05) is 13.0 Å². The van der Waals surface area contributed by atoms with Gasteiger partial charge in [-0.25, -0.2) is 0 Å². The van der Waals surface area contributed by atoms with Crippen LogP contribution in [0.15, 0.2) is 54.6 Å². The first kappa shape index (κ1) is 20.7. The number of ether oxygens (including phenoxy) is 3. The second-order valence-electron chi connectivity index (χ2n) is 6.72. The molecule has 7 nitrogen and oxygen atoms in total. The van der Waals surface area contributed by atoms with Crippen molar-refractivity contribution in [3.63, 3.8) is 0 Å². The normalized spacial score (nSPS) is 14.9. The number of hydrogen-bond donors (Lipinski definition) is 1. The van der Waals surface area contributed by atoms with Crippen LogP contribution in [-0.4, -0.2) is 37.5 Å². The third-order valence-corrected chi connectivity index (χ3v) is 4.53. The highest BCUT2D eigenvalue weighted by molar-refractivity contribution is 5.98. The lowest BCUT2D eigenvalue weighted by molar-refractivity contribution is -0.149. The summed E-state index contributed by atoms with van der Waals surface area (Å²) in [5.41, 5.74) is 1.86. The summed E-state index contributed by atoms with van der Waals surface area (Å²) in [6.45, 7) is 2.52. The zero-order valence-corrected chi connectivity index (χ0v) is 16.2. The van der Waals surface area contributed by atoms with Crippen molar-refractivity contribution in [1.29, 1.82) is 0 Å². The van der Waals surface area contributed by atoms with Gasteiger partial charge in [-0.3, -0.25) is 14.4 Å². The molecule has 0 atom stereocenters. The van der Waals surface area contributed by atoms with Gasteiger partial charge in [-0.15, -0.1) is 0 Å². The fourth-order valence-corrected chi connectivity index (χ4v) is 2.93. The molecule has 152 valence electrons. The van der Waals surface area contributed by atoms with Crippen molar-refractivity contribution < 1.29 is 28.6 Å². The monoisotopic (exact) mass is 397 g/mol. The number of nitrogens with one attached hydrogen (secondary N) is 1. The Morgan fingerprint density at radius 2 is 1.72 bits per heavy atom. The van der Waals surface area contributed by atoms with E-state index in [0.717, 1.165) is 5.56 Å². The molecule has 2 aromatic carbocycles. The van der Waals surface area contributed by atoms with Crippen LogP contribution in [0.1, 0.15) is 35.7 Å². The lowest BCUT2D eigenvalue weighted by atomic mass is 10.1. The van der Waals surface area contributed by atoms with Crippen LogP contribution in [0.2, 0.25) is 0 Å². The Bertz CT molecular complexity index is 874. The van der Waals surface area contributed by atoms with Crippen LogP contribution in [0.25, 0.3) is 0 Å². The zero-order chi connectivity index (χ0) is 20.7. The molecule has 0 aromatic heterocycles. The Kier molecular flexibility index (Phi) is 6.74. The van der Waals surface area contributed by atoms with E-state index in [4.69, 9.17) is 14.2 Å². The number of carbonyl (C=O) groups excluding carboxylic acids is 3. The van der Waals surface area contributed by atoms with Gasteiger partial charge in [0.25, 0.3) is 0 Å². The number of Topliss-reactive ketones (excluding diaryl/α,β-unsaturated/α-hetero) is 1. The maximum absolute atomic E-state index is 12.1. The van der Waals surface area contributed by atoms with Crippen LogP contribution >= 0.6 is 0 Å². The van der Waals surface area contributed by atoms with Crippen molar-refractivity contribution >= 4 is 23.3 Å². The maximum Gasteiger partial charge on any atom is 0.306 e. The predicted octanol–water partition coefficient (Wildman–Crippen LogP) is 3.05. The molecule has 0 spiro atoms. The van der Waals surface area contributed by atoms with Gasteiger partial charge in [-0.05, 0) is 19.1 Å². The van der Waals surface area contributed by atoms with Crippen LogP contribution in [0, 0.1) is 0 Å². The standard InChI is InChI=1S/C22H23NO6/c1-22(28-12-13-29-22)17-8-5-9-18(14-17)23-20(25)10-11-21(26)27-15-19(24)16-6-3-2-4-7-16/h2-9,14H,10-13,15H2,1H3,(H,23,25). The van der Waals surface area contributed by atoms with Gasteiger partial charge in [0, 0.05) is 23.2 Å². The molecule has 1 heterocycles. The molecule has 0 saturated carbocycles. The van der Waals surface area contributed by atoms with E-state index in [2.05, 4.69) is 5.32 Å². The molecule has 0 unspecified atom stereocenters. The van der Waals surface area contributed by atoms with Gasteiger partial charge in [0.1, 0.15) is 0 Å². The molecule has 1 saturated heterocycles. The molecule has 1 fully saturated rings. The average molecular weight is 397 g/mol. The second-order valence-corrected chi connectivity index (χ2v) is 6.72. The number of benzene rings is 2. The summed E-state index contributed by atoms with van der Waals surface area (Å²) >= 11 is 0. The van der Waals surface area contributed by atoms with Gasteiger partial charge in [0.2, 0.25) is 5.91 Å². The number of hydrogen-bond acceptors (Lipinski definition) is 6. The van der Waals surface area contributed by atoms with Gasteiger partial charge >= 0.3 is 5.97 Å². The van der Waals surface area contributed by atoms with Crippen LogP contribution in [0.3, 0.4) is 0 Å². The van der Waals surface area contributed by atoms with Crippen molar-refractivity contribution in [3.8, 4) is 0 Å². The fourth-order valence-electron chi connectivity index (χ4n) is 2.93. The van der Waals surface area contributed by atoms with Crippen LogP contribution in [0.4, 0.5) is 5.69 Å². The SMILES string of the molecule is CC1(c2cccc(NC(=O)CCC(=O)OCC(=O)c3ccccc3)c2)OCCO1. The minimum absolute atomic E-state index is 0.0488. The van der Waals surface area contributed by atoms with Gasteiger partial charge in [-0.1, -0.05) is 42.5 Å². The van der Waals surface area contributed by atoms with Gasteiger partial charge in [-0.2, -0.15) is 0 Å². The van der Waals surface area contributed by atoms with Crippen LogP contribution in [0.5, 0.6) is 0 Å². The summed E-state index contributed by atoms with van der Waals surface area (Å²) < 4.78 is 16.2. The summed E-state index contributed by atoms with van der Waals surface area (Å²) in [6, 6.07) is 15.8. The highest BCUT2D eigenvalue weighted by atomic mass is 16.7. The van der Waals surface area contributed by atoms with Crippen molar-refractivity contribution in [2.75, 3.05) is 25.1 Å². The lowest BCUT2D eigenvalue weighted by Crippen LogP contribution is -2.22. The molecule has 0 aliphatic carbocycles. The number of rotatable bonds is 8. The molecule has 2 aromatic rings. The highest BCUT2D eigenvalue weighted by Crippen LogP contribution is 2.32. The quantitative estimate of drug-likeness (QED) is 0.544. The number of ketones is 1. The Hall–Kier alpha value is -3.03. The lowest BCUT2D eigenvalue weighted by Gasteiger charge is -2.23. The Morgan fingerprint density at radius 3 is 2.45 bits per heavy atom. The first-order chi connectivity index (χ1) is 14.0. The number of amides is 1. The van der Waals surface area contributed by atoms with E-state index in [-0.39, 0.29) is 31.1 Å². The van der Waals surface area contributed by atoms with Crippen molar-refractivity contribution in [3.05, 3.63) is 65.7 Å². The zero-order valence-electron chi connectivity index (χ0n) is 16.2. The van der Waals surface area contributed by atoms with Gasteiger partial charge in [0.05, 0.1) is 19.6 Å². The Morgan fingerprint density at radius 1 is 1.00 bits per heavy atom. The van der Waals surface area contributed by atoms with Crippen molar-refractivity contribution in [2.24, 2.45) is 0 Å². The molecular formula is C22H23NO6. The molecule has 1 aliphatic heterocycles. The summed E-state index contributed by atoms with van der Waals surface area (Å²) in [7, 11) is 0. The molecular weight excluding hydrogens is 374 g/mol. The Balaban J connectivity index is 1.44. The maximum atomic E-state index is 12.1. The molecule has 1 amide bonds. The minimum atomic E-state index is -0.824. The fraction of sp³-hybridized carbons (Fsp3) is 0.318. The highest BCUT2D eigenvalue weighted by Gasteiger charge is 2.33. The van der Waals surface area contributed by atoms with Crippen molar-refractivity contribution in [2.45, 2.75) is 25.6 Å². The summed E-state index contributed by atoms with van der Waals surface area (Å²) in [4.78, 5) is 35.9. The summed E-state index contributed by atoms with van der Waals surface area (Å²) in [6.07, 6.45) is -0.162. The summed E-state index contributed by atoms with van der Waals surface area (Å²) in [5, 5.41) is 2.74. The van der Waals surface area contributed by atoms with Gasteiger partial charge < -0.3 is 19.5 Å². The first-order valence-electron chi connectivity index (χ1n) is 9.38. The second kappa shape index (κ2) is 9.45. The van der Waals surface area contributed by atoms with E-state index in [0.29, 0.717) is 24.5 Å². The minimum Gasteiger partial charge on any atom is -0.457 e. The van der Waals surface area contributed by atoms with E-state index in [9.17, 15) is 14.4 Å². The topological polar surface area (TPSA) is 90.9 Å². The molecule has 1 N–H and O–H groups in total. The van der Waals surface area contributed by atoms with E-state index in [1.165, 1.54) is 0 Å². The molecule has 0 bridgehead atoms. The number of carbonyl (C=O) groups is 3. The molecule has 29 heavy (non-hydrogen) atoms. The third-order valence-electron chi connectivity index (χ3n) is 4.53. The van der Waals surface area contributed by atoms with Crippen LogP contribution < -0.4 is 5.32 Å². The molecule has 7 heteroatoms. The summed E-state index contributed by atoms with van der Waals surface area (Å²) in [5.74, 6) is -2.04. The number of esters is 1. The predicted molar refractivity (Wildman–Crippen MR) is 105 cm³/mol. The molecule has 0 radical (unpaired) electrons. The largest absolute Gasteiger partial charge is 0.457 e. The smallest absolute Gasteiger partial charge is 0.306 e. The Labute approximate surface area is 169 Å². The molecule has 1 aliphatic rings. The third kappa shape index (κ3) is 5.73. The molecule has 3 rings (SSSR count). The van der Waals surface area contributed by atoms with E-state index < -0.39 is 11.8 Å². The van der Waals surface area contributed by atoms with E-state index in [1.54, 1.807) is 48.5 Å². The van der Waals surface area contributed by atoms with Gasteiger partial charge in [0.15, 0.2) is 18.2 Å². The first-order valence-corrected chi connectivity index (χ1v) is 9.38. The van der Waals surface area contributed by atoms with Crippen LogP contribution in [-0.2, 0) is 29.6 Å². The van der Waals surface area contributed by atoms with E-state index >= 15 is 0 Å². The van der Waals surface area contributed by atoms with Crippen molar-refractivity contribution in [1.82, 2.24) is 0 Å². The average Bonchev–Trinajstić information content (AvgIpc) is 3.19. The number of anilines is 1.